The Hall–Kier alpha value is -1.53. The first kappa shape index (κ1) is 18.5. The van der Waals surface area contributed by atoms with E-state index in [0.717, 1.165) is 11.3 Å². The molecule has 0 heterocycles. The average molecular weight is 324 g/mol. The van der Waals surface area contributed by atoms with E-state index in [1.54, 1.807) is 13.2 Å². The fourth-order valence-electron chi connectivity index (χ4n) is 1.67. The zero-order chi connectivity index (χ0) is 16.4. The number of ether oxygens (including phenoxy) is 1. The van der Waals surface area contributed by atoms with E-state index in [9.17, 15) is 9.59 Å². The first-order valence-corrected chi connectivity index (χ1v) is 8.35. The van der Waals surface area contributed by atoms with Crippen LogP contribution in [0, 0.1) is 0 Å². The normalized spacial score (nSPS) is 11.8. The van der Waals surface area contributed by atoms with Crippen molar-refractivity contribution in [1.82, 2.24) is 10.6 Å². The SMILES string of the molecule is CCC(C)NC(=O)c1ccccc1SCC(=O)NCCOC. The van der Waals surface area contributed by atoms with E-state index < -0.39 is 0 Å². The van der Waals surface area contributed by atoms with Gasteiger partial charge in [-0.15, -0.1) is 11.8 Å². The number of rotatable bonds is 9. The van der Waals surface area contributed by atoms with Crippen LogP contribution in [-0.4, -0.2) is 43.9 Å². The number of hydrogen-bond donors (Lipinski definition) is 2. The number of benzene rings is 1. The monoisotopic (exact) mass is 324 g/mol. The number of carbonyl (C=O) groups excluding carboxylic acids is 2. The molecule has 0 aromatic heterocycles. The van der Waals surface area contributed by atoms with Crippen molar-refractivity contribution in [3.8, 4) is 0 Å². The molecule has 1 atom stereocenters. The van der Waals surface area contributed by atoms with Crippen molar-refractivity contribution < 1.29 is 14.3 Å². The standard InChI is InChI=1S/C16H24N2O3S/c1-4-12(2)18-16(20)13-7-5-6-8-14(13)22-11-15(19)17-9-10-21-3/h5-8,12H,4,9-11H2,1-3H3,(H,17,19)(H,18,20). The Morgan fingerprint density at radius 1 is 1.32 bits per heavy atom. The van der Waals surface area contributed by atoms with Gasteiger partial charge in [-0.25, -0.2) is 0 Å². The summed E-state index contributed by atoms with van der Waals surface area (Å²) in [6.07, 6.45) is 0.878. The van der Waals surface area contributed by atoms with Crippen molar-refractivity contribution in [2.45, 2.75) is 31.2 Å². The molecule has 0 spiro atoms. The largest absolute Gasteiger partial charge is 0.383 e. The third-order valence-electron chi connectivity index (χ3n) is 3.11. The van der Waals surface area contributed by atoms with Gasteiger partial charge in [0.05, 0.1) is 17.9 Å². The molecule has 2 amide bonds. The number of nitrogens with one attached hydrogen (secondary N) is 2. The molecular formula is C16H24N2O3S. The first-order chi connectivity index (χ1) is 10.6. The van der Waals surface area contributed by atoms with E-state index in [1.807, 2.05) is 32.0 Å². The van der Waals surface area contributed by atoms with E-state index in [0.29, 0.717) is 18.7 Å². The van der Waals surface area contributed by atoms with Crippen molar-refractivity contribution in [3.63, 3.8) is 0 Å². The molecule has 0 saturated carbocycles. The van der Waals surface area contributed by atoms with Crippen LogP contribution in [0.25, 0.3) is 0 Å². The summed E-state index contributed by atoms with van der Waals surface area (Å²) in [4.78, 5) is 24.8. The summed E-state index contributed by atoms with van der Waals surface area (Å²) >= 11 is 1.36. The van der Waals surface area contributed by atoms with Crippen LogP contribution in [0.3, 0.4) is 0 Å². The van der Waals surface area contributed by atoms with Gasteiger partial charge in [-0.2, -0.15) is 0 Å². The van der Waals surface area contributed by atoms with Gasteiger partial charge in [-0.3, -0.25) is 9.59 Å². The summed E-state index contributed by atoms with van der Waals surface area (Å²) in [5, 5.41) is 5.70. The van der Waals surface area contributed by atoms with Gasteiger partial charge in [0, 0.05) is 24.6 Å². The Labute approximate surface area is 136 Å². The van der Waals surface area contributed by atoms with Crippen molar-refractivity contribution in [1.29, 1.82) is 0 Å². The van der Waals surface area contributed by atoms with Gasteiger partial charge in [0.1, 0.15) is 0 Å². The van der Waals surface area contributed by atoms with E-state index in [1.165, 1.54) is 11.8 Å². The maximum Gasteiger partial charge on any atom is 0.252 e. The maximum atomic E-state index is 12.2. The Balaban J connectivity index is 2.60. The quantitative estimate of drug-likeness (QED) is 0.539. The minimum Gasteiger partial charge on any atom is -0.383 e. The molecule has 0 bridgehead atoms. The highest BCUT2D eigenvalue weighted by Gasteiger charge is 2.14. The second-order valence-electron chi connectivity index (χ2n) is 4.91. The molecule has 0 radical (unpaired) electrons. The van der Waals surface area contributed by atoms with E-state index in [-0.39, 0.29) is 23.6 Å². The Kier molecular flexibility index (Phi) is 8.62. The number of thioether (sulfide) groups is 1. The van der Waals surface area contributed by atoms with Gasteiger partial charge in [0.2, 0.25) is 5.91 Å². The van der Waals surface area contributed by atoms with Crippen molar-refractivity contribution >= 4 is 23.6 Å². The van der Waals surface area contributed by atoms with E-state index in [4.69, 9.17) is 4.74 Å². The predicted octanol–water partition coefficient (Wildman–Crippen LogP) is 2.07. The molecule has 0 fully saturated rings. The van der Waals surface area contributed by atoms with Gasteiger partial charge in [0.25, 0.3) is 5.91 Å². The van der Waals surface area contributed by atoms with Crippen LogP contribution in [-0.2, 0) is 9.53 Å². The number of methoxy groups -OCH3 is 1. The van der Waals surface area contributed by atoms with Crippen LogP contribution in [0.1, 0.15) is 30.6 Å². The fourth-order valence-corrected chi connectivity index (χ4v) is 2.55. The van der Waals surface area contributed by atoms with Crippen LogP contribution in [0.5, 0.6) is 0 Å². The molecule has 5 nitrogen and oxygen atoms in total. The highest BCUT2D eigenvalue weighted by molar-refractivity contribution is 8.00. The first-order valence-electron chi connectivity index (χ1n) is 7.36. The molecule has 0 aliphatic heterocycles. The second-order valence-corrected chi connectivity index (χ2v) is 5.93. The molecule has 22 heavy (non-hydrogen) atoms. The maximum absolute atomic E-state index is 12.2. The van der Waals surface area contributed by atoms with Crippen LogP contribution in [0.4, 0.5) is 0 Å². The van der Waals surface area contributed by atoms with Crippen LogP contribution in [0.2, 0.25) is 0 Å². The fraction of sp³-hybridized carbons (Fsp3) is 0.500. The number of amides is 2. The molecule has 1 rings (SSSR count). The number of carbonyl (C=O) groups is 2. The average Bonchev–Trinajstić information content (AvgIpc) is 2.53. The smallest absolute Gasteiger partial charge is 0.252 e. The summed E-state index contributed by atoms with van der Waals surface area (Å²) in [5.41, 5.74) is 0.609. The van der Waals surface area contributed by atoms with Crippen molar-refractivity contribution in [2.24, 2.45) is 0 Å². The van der Waals surface area contributed by atoms with E-state index >= 15 is 0 Å². The van der Waals surface area contributed by atoms with E-state index in [2.05, 4.69) is 10.6 Å². The van der Waals surface area contributed by atoms with Gasteiger partial charge in [0.15, 0.2) is 0 Å². The summed E-state index contributed by atoms with van der Waals surface area (Å²) < 4.78 is 4.88. The van der Waals surface area contributed by atoms with Crippen LogP contribution in [0.15, 0.2) is 29.2 Å². The molecule has 1 unspecified atom stereocenters. The molecule has 1 aromatic rings. The molecule has 6 heteroatoms. The van der Waals surface area contributed by atoms with Crippen LogP contribution >= 0.6 is 11.8 Å². The summed E-state index contributed by atoms with van der Waals surface area (Å²) in [5.74, 6) is 0.105. The minimum atomic E-state index is -0.0998. The summed E-state index contributed by atoms with van der Waals surface area (Å²) in [6, 6.07) is 7.46. The molecule has 2 N–H and O–H groups in total. The lowest BCUT2D eigenvalue weighted by atomic mass is 10.2. The number of hydrogen-bond acceptors (Lipinski definition) is 4. The molecule has 1 aromatic carbocycles. The van der Waals surface area contributed by atoms with Crippen molar-refractivity contribution in [3.05, 3.63) is 29.8 Å². The molecule has 122 valence electrons. The zero-order valence-corrected chi connectivity index (χ0v) is 14.2. The minimum absolute atomic E-state index is 0.0702. The van der Waals surface area contributed by atoms with Crippen molar-refractivity contribution in [2.75, 3.05) is 26.0 Å². The highest BCUT2D eigenvalue weighted by Crippen LogP contribution is 2.22. The molecule has 0 aliphatic rings. The molecule has 0 aliphatic carbocycles. The predicted molar refractivity (Wildman–Crippen MR) is 89.3 cm³/mol. The summed E-state index contributed by atoms with van der Waals surface area (Å²) in [7, 11) is 1.59. The third kappa shape index (κ3) is 6.49. The Bertz CT molecular complexity index is 494. The van der Waals surface area contributed by atoms with Gasteiger partial charge >= 0.3 is 0 Å². The molecular weight excluding hydrogens is 300 g/mol. The van der Waals surface area contributed by atoms with Gasteiger partial charge in [-0.1, -0.05) is 19.1 Å². The third-order valence-corrected chi connectivity index (χ3v) is 4.18. The lowest BCUT2D eigenvalue weighted by Crippen LogP contribution is -2.32. The van der Waals surface area contributed by atoms with Crippen LogP contribution < -0.4 is 10.6 Å². The lowest BCUT2D eigenvalue weighted by molar-refractivity contribution is -0.118. The summed E-state index contributed by atoms with van der Waals surface area (Å²) in [6.45, 7) is 4.98. The lowest BCUT2D eigenvalue weighted by Gasteiger charge is -2.13. The Morgan fingerprint density at radius 2 is 2.05 bits per heavy atom. The Morgan fingerprint density at radius 3 is 2.73 bits per heavy atom. The van der Waals surface area contributed by atoms with Gasteiger partial charge < -0.3 is 15.4 Å². The topological polar surface area (TPSA) is 67.4 Å². The zero-order valence-electron chi connectivity index (χ0n) is 13.3. The molecule has 0 saturated heterocycles. The highest BCUT2D eigenvalue weighted by atomic mass is 32.2. The van der Waals surface area contributed by atoms with Gasteiger partial charge in [-0.05, 0) is 25.5 Å². The second kappa shape index (κ2) is 10.2.